The summed E-state index contributed by atoms with van der Waals surface area (Å²) in [4.78, 5) is 10.2. The molecule has 2 rings (SSSR count). The minimum absolute atomic E-state index is 0.0174. The molecule has 0 spiro atoms. The Hall–Kier alpha value is -2.24. The van der Waals surface area contributed by atoms with E-state index in [4.69, 9.17) is 32.7 Å². The van der Waals surface area contributed by atoms with Crippen LogP contribution in [0.2, 0.25) is 0 Å². The predicted octanol–water partition coefficient (Wildman–Crippen LogP) is 5.39. The summed E-state index contributed by atoms with van der Waals surface area (Å²) < 4.78 is 11.3. The summed E-state index contributed by atoms with van der Waals surface area (Å²) in [5.74, 6) is 1.81. The van der Waals surface area contributed by atoms with E-state index in [1.807, 2.05) is 13.0 Å². The molecule has 0 N–H and O–H groups in total. The zero-order valence-corrected chi connectivity index (χ0v) is 13.7. The van der Waals surface area contributed by atoms with Crippen molar-refractivity contribution >= 4 is 28.9 Å². The van der Waals surface area contributed by atoms with Gasteiger partial charge in [-0.1, -0.05) is 23.2 Å². The molecule has 0 aliphatic rings. The van der Waals surface area contributed by atoms with E-state index < -0.39 is 4.92 Å². The average molecular weight is 354 g/mol. The molecule has 0 aromatic heterocycles. The lowest BCUT2D eigenvalue weighted by atomic mass is 10.2. The standard InChI is InChI=1S/C16H13Cl2NO4/c1-11-10-14(22-9-8-16(17)18)6-7-15(11)23-13-4-2-12(3-5-13)19(20)21/h2-8,10H,9H2,1H3. The van der Waals surface area contributed by atoms with E-state index in [0.29, 0.717) is 17.2 Å². The van der Waals surface area contributed by atoms with E-state index in [9.17, 15) is 10.1 Å². The van der Waals surface area contributed by atoms with E-state index in [2.05, 4.69) is 0 Å². The molecule has 0 fully saturated rings. The van der Waals surface area contributed by atoms with Gasteiger partial charge >= 0.3 is 0 Å². The zero-order valence-electron chi connectivity index (χ0n) is 12.2. The van der Waals surface area contributed by atoms with Gasteiger partial charge in [0.25, 0.3) is 5.69 Å². The molecule has 2 aromatic rings. The third-order valence-electron chi connectivity index (χ3n) is 2.91. The molecule has 0 heterocycles. The molecule has 23 heavy (non-hydrogen) atoms. The van der Waals surface area contributed by atoms with Crippen molar-refractivity contribution in [2.45, 2.75) is 6.92 Å². The SMILES string of the molecule is Cc1cc(OCC=C(Cl)Cl)ccc1Oc1ccc([N+](=O)[O-])cc1. The van der Waals surface area contributed by atoms with E-state index in [-0.39, 0.29) is 16.8 Å². The van der Waals surface area contributed by atoms with Crippen LogP contribution in [0, 0.1) is 17.0 Å². The maximum absolute atomic E-state index is 10.6. The smallest absolute Gasteiger partial charge is 0.269 e. The number of nitro groups is 1. The van der Waals surface area contributed by atoms with Crippen molar-refractivity contribution in [2.75, 3.05) is 6.61 Å². The van der Waals surface area contributed by atoms with Crippen LogP contribution in [0.1, 0.15) is 5.56 Å². The number of nitro benzene ring substituents is 1. The summed E-state index contributed by atoms with van der Waals surface area (Å²) in [5, 5.41) is 10.6. The van der Waals surface area contributed by atoms with Gasteiger partial charge in [0, 0.05) is 12.1 Å². The van der Waals surface area contributed by atoms with E-state index in [1.165, 1.54) is 12.1 Å². The summed E-state index contributed by atoms with van der Waals surface area (Å²) >= 11 is 11.0. The fourth-order valence-electron chi connectivity index (χ4n) is 1.79. The summed E-state index contributed by atoms with van der Waals surface area (Å²) in [6.45, 7) is 2.14. The molecule has 5 nitrogen and oxygen atoms in total. The van der Waals surface area contributed by atoms with Gasteiger partial charge in [-0.15, -0.1) is 0 Å². The fraction of sp³-hybridized carbons (Fsp3) is 0.125. The van der Waals surface area contributed by atoms with Crippen molar-refractivity contribution in [3.8, 4) is 17.2 Å². The number of benzene rings is 2. The highest BCUT2D eigenvalue weighted by atomic mass is 35.5. The first-order valence-corrected chi connectivity index (χ1v) is 7.38. The van der Waals surface area contributed by atoms with E-state index >= 15 is 0 Å². The second kappa shape index (κ2) is 7.85. The van der Waals surface area contributed by atoms with Crippen molar-refractivity contribution in [1.29, 1.82) is 0 Å². The van der Waals surface area contributed by atoms with Gasteiger partial charge in [0.05, 0.1) is 4.92 Å². The number of hydrogen-bond acceptors (Lipinski definition) is 4. The number of non-ortho nitro benzene ring substituents is 1. The van der Waals surface area contributed by atoms with Crippen LogP contribution in [0.25, 0.3) is 0 Å². The summed E-state index contributed by atoms with van der Waals surface area (Å²) in [5.41, 5.74) is 0.880. The Morgan fingerprint density at radius 2 is 1.83 bits per heavy atom. The van der Waals surface area contributed by atoms with Crippen LogP contribution in [-0.2, 0) is 0 Å². The van der Waals surface area contributed by atoms with Crippen molar-refractivity contribution in [2.24, 2.45) is 0 Å². The Labute approximate surface area is 143 Å². The van der Waals surface area contributed by atoms with Crippen LogP contribution in [-0.4, -0.2) is 11.5 Å². The quantitative estimate of drug-likeness (QED) is 0.515. The summed E-state index contributed by atoms with van der Waals surface area (Å²) in [7, 11) is 0. The Morgan fingerprint density at radius 1 is 1.17 bits per heavy atom. The molecule has 0 bridgehead atoms. The number of halogens is 2. The summed E-state index contributed by atoms with van der Waals surface area (Å²) in [6, 6.07) is 11.2. The third kappa shape index (κ3) is 5.16. The lowest BCUT2D eigenvalue weighted by molar-refractivity contribution is -0.384. The second-order valence-corrected chi connectivity index (χ2v) is 5.59. The highest BCUT2D eigenvalue weighted by Gasteiger charge is 2.07. The topological polar surface area (TPSA) is 61.6 Å². The first-order valence-electron chi connectivity index (χ1n) is 6.62. The highest BCUT2D eigenvalue weighted by Crippen LogP contribution is 2.29. The second-order valence-electron chi connectivity index (χ2n) is 4.59. The van der Waals surface area contributed by atoms with Gasteiger partial charge in [0.15, 0.2) is 0 Å². The Kier molecular flexibility index (Phi) is 5.84. The third-order valence-corrected chi connectivity index (χ3v) is 3.22. The van der Waals surface area contributed by atoms with Crippen molar-refractivity contribution in [3.63, 3.8) is 0 Å². The maximum atomic E-state index is 10.6. The number of ether oxygens (including phenoxy) is 2. The van der Waals surface area contributed by atoms with Crippen LogP contribution in [0.5, 0.6) is 17.2 Å². The van der Waals surface area contributed by atoms with Crippen LogP contribution < -0.4 is 9.47 Å². The van der Waals surface area contributed by atoms with Crippen molar-refractivity contribution in [3.05, 3.63) is 68.7 Å². The van der Waals surface area contributed by atoms with Crippen LogP contribution in [0.3, 0.4) is 0 Å². The van der Waals surface area contributed by atoms with Gasteiger partial charge in [-0.05, 0) is 48.9 Å². The number of nitrogens with zero attached hydrogens (tertiary/aromatic N) is 1. The first-order chi connectivity index (χ1) is 11.0. The van der Waals surface area contributed by atoms with E-state index in [0.717, 1.165) is 5.56 Å². The fourth-order valence-corrected chi connectivity index (χ4v) is 1.92. The van der Waals surface area contributed by atoms with Gasteiger partial charge in [-0.2, -0.15) is 0 Å². The van der Waals surface area contributed by atoms with Gasteiger partial charge in [0.2, 0.25) is 0 Å². The Balaban J connectivity index is 2.05. The van der Waals surface area contributed by atoms with Gasteiger partial charge in [0.1, 0.15) is 28.3 Å². The molecule has 0 radical (unpaired) electrons. The molecular formula is C16H13Cl2NO4. The molecule has 120 valence electrons. The Bertz CT molecular complexity index is 725. The van der Waals surface area contributed by atoms with E-state index in [1.54, 1.807) is 30.3 Å². The molecule has 2 aromatic carbocycles. The van der Waals surface area contributed by atoms with Gasteiger partial charge < -0.3 is 9.47 Å². The molecule has 0 aliphatic heterocycles. The number of aryl methyl sites for hydroxylation is 1. The number of rotatable bonds is 6. The lowest BCUT2D eigenvalue weighted by Gasteiger charge is -2.10. The molecule has 0 saturated heterocycles. The summed E-state index contributed by atoms with van der Waals surface area (Å²) in [6.07, 6.45) is 1.54. The van der Waals surface area contributed by atoms with Gasteiger partial charge in [-0.3, -0.25) is 10.1 Å². The van der Waals surface area contributed by atoms with Crippen molar-refractivity contribution in [1.82, 2.24) is 0 Å². The van der Waals surface area contributed by atoms with Crippen molar-refractivity contribution < 1.29 is 14.4 Å². The molecule has 0 saturated carbocycles. The lowest BCUT2D eigenvalue weighted by Crippen LogP contribution is -1.95. The predicted molar refractivity (Wildman–Crippen MR) is 89.6 cm³/mol. The number of hydrogen-bond donors (Lipinski definition) is 0. The maximum Gasteiger partial charge on any atom is 0.269 e. The molecule has 0 atom stereocenters. The van der Waals surface area contributed by atoms with Gasteiger partial charge in [-0.25, -0.2) is 0 Å². The molecule has 0 amide bonds. The highest BCUT2D eigenvalue weighted by molar-refractivity contribution is 6.55. The Morgan fingerprint density at radius 3 is 2.39 bits per heavy atom. The zero-order chi connectivity index (χ0) is 16.8. The molecular weight excluding hydrogens is 341 g/mol. The normalized spacial score (nSPS) is 10.0. The van der Waals surface area contributed by atoms with Crippen LogP contribution >= 0.6 is 23.2 Å². The van der Waals surface area contributed by atoms with Crippen LogP contribution in [0.15, 0.2) is 53.0 Å². The van der Waals surface area contributed by atoms with Crippen LogP contribution in [0.4, 0.5) is 5.69 Å². The average Bonchev–Trinajstić information content (AvgIpc) is 2.50. The largest absolute Gasteiger partial charge is 0.489 e. The monoisotopic (exact) mass is 353 g/mol. The minimum atomic E-state index is -0.456. The molecule has 7 heteroatoms. The molecule has 0 unspecified atom stereocenters. The molecule has 0 aliphatic carbocycles. The first kappa shape index (κ1) is 17.1. The minimum Gasteiger partial charge on any atom is -0.489 e.